The Kier molecular flexibility index (Phi) is 4.78. The van der Waals surface area contributed by atoms with E-state index < -0.39 is 0 Å². The van der Waals surface area contributed by atoms with Gasteiger partial charge in [-0.15, -0.1) is 0 Å². The molecule has 0 N–H and O–H groups in total. The highest BCUT2D eigenvalue weighted by molar-refractivity contribution is 5.88. The maximum atomic E-state index is 12.6. The van der Waals surface area contributed by atoms with Gasteiger partial charge in [0.05, 0.1) is 18.0 Å². The lowest BCUT2D eigenvalue weighted by atomic mass is 9.77. The molecule has 0 radical (unpaired) electrons. The van der Waals surface area contributed by atoms with E-state index in [9.17, 15) is 4.79 Å². The van der Waals surface area contributed by atoms with Crippen LogP contribution >= 0.6 is 0 Å². The average molecular weight is 429 g/mol. The van der Waals surface area contributed by atoms with Crippen molar-refractivity contribution in [1.82, 2.24) is 9.13 Å². The standard InChI is InChI=1S/C28H32N2O2/c1-18-11-12-22-24(15-18)23-13-14-29(28(31)32-2)26(23)17-30-25(22)16-20-9-6-10-21(27(20)30)19-7-4-3-5-8-19/h6,9-10,13-14,16-19,22H,3-5,7-8,11-12,15H2,1-2H3. The Balaban J connectivity index is 1.66. The molecule has 4 heteroatoms. The van der Waals surface area contributed by atoms with Crippen LogP contribution in [-0.2, 0) is 4.74 Å². The van der Waals surface area contributed by atoms with E-state index in [1.54, 1.807) is 4.57 Å². The van der Waals surface area contributed by atoms with Crippen LogP contribution in [0.1, 0.15) is 81.4 Å². The van der Waals surface area contributed by atoms with Gasteiger partial charge < -0.3 is 9.30 Å². The summed E-state index contributed by atoms with van der Waals surface area (Å²) in [6, 6.07) is 11.4. The molecule has 1 aromatic carbocycles. The van der Waals surface area contributed by atoms with E-state index in [0.717, 1.165) is 11.8 Å². The lowest BCUT2D eigenvalue weighted by Gasteiger charge is -2.29. The Morgan fingerprint density at radius 3 is 2.72 bits per heavy atom. The number of hydrogen-bond donors (Lipinski definition) is 0. The second-order valence-corrected chi connectivity index (χ2v) is 10.1. The van der Waals surface area contributed by atoms with Gasteiger partial charge in [-0.2, -0.15) is 0 Å². The summed E-state index contributed by atoms with van der Waals surface area (Å²) >= 11 is 0. The monoisotopic (exact) mass is 428 g/mol. The van der Waals surface area contributed by atoms with Gasteiger partial charge in [-0.05, 0) is 61.6 Å². The van der Waals surface area contributed by atoms with Crippen molar-refractivity contribution in [2.45, 2.75) is 70.1 Å². The molecule has 2 atom stereocenters. The van der Waals surface area contributed by atoms with Crippen LogP contribution in [0.4, 0.5) is 4.79 Å². The van der Waals surface area contributed by atoms with E-state index in [4.69, 9.17) is 4.74 Å². The second kappa shape index (κ2) is 7.68. The number of fused-ring (bicyclic) bond motifs is 6. The van der Waals surface area contributed by atoms with E-state index in [1.807, 2.05) is 6.20 Å². The van der Waals surface area contributed by atoms with Gasteiger partial charge in [0.1, 0.15) is 0 Å². The molecule has 0 amide bonds. The Labute approximate surface area is 189 Å². The van der Waals surface area contributed by atoms with E-state index >= 15 is 0 Å². The number of ether oxygens (including phenoxy) is 1. The van der Waals surface area contributed by atoms with Gasteiger partial charge in [0.15, 0.2) is 0 Å². The fourth-order valence-corrected chi connectivity index (χ4v) is 6.58. The molecule has 1 aliphatic heterocycles. The van der Waals surface area contributed by atoms with Crippen molar-refractivity contribution in [2.24, 2.45) is 5.92 Å². The van der Waals surface area contributed by atoms with Crippen molar-refractivity contribution >= 4 is 28.8 Å². The molecule has 2 unspecified atom stereocenters. The molecule has 2 aromatic heterocycles. The van der Waals surface area contributed by atoms with Gasteiger partial charge in [0, 0.05) is 34.6 Å². The van der Waals surface area contributed by atoms with E-state index in [1.165, 1.54) is 85.0 Å². The summed E-state index contributed by atoms with van der Waals surface area (Å²) in [4.78, 5) is 12.6. The van der Waals surface area contributed by atoms with Gasteiger partial charge in [-0.25, -0.2) is 4.79 Å². The summed E-state index contributed by atoms with van der Waals surface area (Å²) in [5, 5.41) is 3.51. The Morgan fingerprint density at radius 1 is 1.06 bits per heavy atom. The molecule has 32 heavy (non-hydrogen) atoms. The normalized spacial score (nSPS) is 23.1. The van der Waals surface area contributed by atoms with Gasteiger partial charge in [0.25, 0.3) is 0 Å². The number of rotatable bonds is 1. The summed E-state index contributed by atoms with van der Waals surface area (Å²) in [6.07, 6.45) is 13.9. The Morgan fingerprint density at radius 2 is 1.91 bits per heavy atom. The molecule has 2 aliphatic carbocycles. The van der Waals surface area contributed by atoms with Crippen molar-refractivity contribution in [2.75, 3.05) is 7.11 Å². The van der Waals surface area contributed by atoms with Crippen molar-refractivity contribution in [3.05, 3.63) is 58.4 Å². The van der Waals surface area contributed by atoms with E-state index in [0.29, 0.717) is 17.8 Å². The van der Waals surface area contributed by atoms with Crippen LogP contribution in [0.3, 0.4) is 0 Å². The molecule has 3 aromatic rings. The summed E-state index contributed by atoms with van der Waals surface area (Å²) < 4.78 is 9.24. The molecular formula is C28H32N2O2. The summed E-state index contributed by atoms with van der Waals surface area (Å²) in [5.41, 5.74) is 5.70. The quantitative estimate of drug-likeness (QED) is 0.516. The Hall–Kier alpha value is -2.75. The molecule has 3 heterocycles. The second-order valence-electron chi connectivity index (χ2n) is 10.1. The van der Waals surface area contributed by atoms with Crippen LogP contribution < -0.4 is 10.6 Å². The predicted molar refractivity (Wildman–Crippen MR) is 128 cm³/mol. The van der Waals surface area contributed by atoms with Gasteiger partial charge in [-0.1, -0.05) is 50.0 Å². The van der Waals surface area contributed by atoms with Gasteiger partial charge >= 0.3 is 6.09 Å². The maximum Gasteiger partial charge on any atom is 0.418 e. The summed E-state index contributed by atoms with van der Waals surface area (Å²) in [7, 11) is 1.46. The molecule has 0 saturated heterocycles. The Bertz CT molecular complexity index is 1320. The first kappa shape index (κ1) is 19.9. The van der Waals surface area contributed by atoms with E-state index in [2.05, 4.69) is 48.0 Å². The number of methoxy groups -OCH3 is 1. The summed E-state index contributed by atoms with van der Waals surface area (Å²) in [5.74, 6) is 1.71. The number of para-hydroxylation sites is 1. The lowest BCUT2D eigenvalue weighted by molar-refractivity contribution is 0.172. The first-order chi connectivity index (χ1) is 15.7. The third kappa shape index (κ3) is 2.99. The predicted octanol–water partition coefficient (Wildman–Crippen LogP) is 5.46. The molecule has 4 nitrogen and oxygen atoms in total. The molecule has 0 spiro atoms. The number of hydrogen-bond acceptors (Lipinski definition) is 2. The highest BCUT2D eigenvalue weighted by atomic mass is 16.5. The number of nitrogens with zero attached hydrogens (tertiary/aromatic N) is 2. The zero-order valence-corrected chi connectivity index (χ0v) is 19.1. The SMILES string of the molecule is COC(=O)n1ccc2c1=Cn1c(cc3cccc(C4CCCCC4)c31)C1CCC(C)CC=21. The molecule has 166 valence electrons. The minimum atomic E-state index is -0.323. The largest absolute Gasteiger partial charge is 0.452 e. The van der Waals surface area contributed by atoms with Crippen molar-refractivity contribution in [3.8, 4) is 0 Å². The van der Waals surface area contributed by atoms with Gasteiger partial charge in [-0.3, -0.25) is 4.57 Å². The molecule has 2 fully saturated rings. The van der Waals surface area contributed by atoms with Crippen LogP contribution in [0.5, 0.6) is 0 Å². The molecule has 2 saturated carbocycles. The zero-order chi connectivity index (χ0) is 21.8. The fraction of sp³-hybridized carbons (Fsp3) is 0.464. The van der Waals surface area contributed by atoms with Crippen LogP contribution in [0, 0.1) is 5.92 Å². The highest BCUT2D eigenvalue weighted by Gasteiger charge is 2.31. The van der Waals surface area contributed by atoms with Crippen molar-refractivity contribution < 1.29 is 9.53 Å². The number of aromatic nitrogens is 2. The fourth-order valence-electron chi connectivity index (χ4n) is 6.58. The third-order valence-corrected chi connectivity index (χ3v) is 8.15. The zero-order valence-electron chi connectivity index (χ0n) is 19.1. The lowest BCUT2D eigenvalue weighted by Crippen LogP contribution is -2.35. The van der Waals surface area contributed by atoms with Crippen LogP contribution in [0.2, 0.25) is 0 Å². The number of carbonyl (C=O) groups excluding carboxylic acids is 1. The first-order valence-corrected chi connectivity index (χ1v) is 12.3. The molecule has 6 rings (SSSR count). The minimum Gasteiger partial charge on any atom is -0.452 e. The maximum absolute atomic E-state index is 12.6. The minimum absolute atomic E-state index is 0.323. The number of benzene rings is 1. The van der Waals surface area contributed by atoms with Gasteiger partial charge in [0.2, 0.25) is 0 Å². The van der Waals surface area contributed by atoms with Crippen LogP contribution in [0.25, 0.3) is 22.7 Å². The first-order valence-electron chi connectivity index (χ1n) is 12.3. The van der Waals surface area contributed by atoms with Crippen LogP contribution in [-0.4, -0.2) is 22.3 Å². The average Bonchev–Trinajstić information content (AvgIpc) is 3.38. The molecular weight excluding hydrogens is 396 g/mol. The third-order valence-electron chi connectivity index (χ3n) is 8.15. The highest BCUT2D eigenvalue weighted by Crippen LogP contribution is 2.44. The van der Waals surface area contributed by atoms with Crippen molar-refractivity contribution in [3.63, 3.8) is 0 Å². The molecule has 0 bridgehead atoms. The molecule has 3 aliphatic rings. The summed E-state index contributed by atoms with van der Waals surface area (Å²) in [6.45, 7) is 2.35. The number of carbonyl (C=O) groups is 1. The van der Waals surface area contributed by atoms with Crippen molar-refractivity contribution in [1.29, 1.82) is 0 Å². The smallest absolute Gasteiger partial charge is 0.418 e. The van der Waals surface area contributed by atoms with E-state index in [-0.39, 0.29) is 6.09 Å². The van der Waals surface area contributed by atoms with Crippen LogP contribution in [0.15, 0.2) is 36.5 Å². The topological polar surface area (TPSA) is 36.2 Å².